The second-order valence-corrected chi connectivity index (χ2v) is 4.67. The van der Waals surface area contributed by atoms with Gasteiger partial charge in [0.05, 0.1) is 44.6 Å². The van der Waals surface area contributed by atoms with Gasteiger partial charge in [-0.3, -0.25) is 10.1 Å². The molecule has 1 rings (SSSR count). The van der Waals surface area contributed by atoms with Crippen LogP contribution < -0.4 is 10.1 Å². The van der Waals surface area contributed by atoms with Gasteiger partial charge in [-0.2, -0.15) is 0 Å². The fourth-order valence-corrected chi connectivity index (χ4v) is 1.65. The number of carboxylic acid groups (broad SMARTS) is 1. The summed E-state index contributed by atoms with van der Waals surface area (Å²) in [6.07, 6.45) is -1.07. The van der Waals surface area contributed by atoms with Crippen molar-refractivity contribution < 1.29 is 33.8 Å². The van der Waals surface area contributed by atoms with Crippen LogP contribution in [0, 0.1) is 10.1 Å². The SMILES string of the molecule is O=C(O)NCCOCCOCCOCCOc1ccc([N+](=O)[O-])cc1. The van der Waals surface area contributed by atoms with Gasteiger partial charge in [-0.1, -0.05) is 0 Å². The zero-order valence-electron chi connectivity index (χ0n) is 13.7. The average molecular weight is 358 g/mol. The number of carbonyl (C=O) groups is 1. The Labute approximate surface area is 144 Å². The van der Waals surface area contributed by atoms with Crippen LogP contribution in [-0.2, 0) is 14.2 Å². The van der Waals surface area contributed by atoms with E-state index >= 15 is 0 Å². The van der Waals surface area contributed by atoms with Crippen LogP contribution in [0.5, 0.6) is 5.75 Å². The number of nitrogens with one attached hydrogen (secondary N) is 1. The molecular weight excluding hydrogens is 336 g/mol. The van der Waals surface area contributed by atoms with E-state index in [9.17, 15) is 14.9 Å². The Morgan fingerprint density at radius 3 is 2.00 bits per heavy atom. The smallest absolute Gasteiger partial charge is 0.404 e. The molecule has 0 fully saturated rings. The number of nitro groups is 1. The van der Waals surface area contributed by atoms with E-state index in [-0.39, 0.29) is 12.2 Å². The summed E-state index contributed by atoms with van der Waals surface area (Å²) < 4.78 is 21.1. The van der Waals surface area contributed by atoms with Crippen molar-refractivity contribution in [1.29, 1.82) is 0 Å². The summed E-state index contributed by atoms with van der Waals surface area (Å²) in [5, 5.41) is 21.0. The second kappa shape index (κ2) is 12.9. The maximum atomic E-state index is 10.5. The van der Waals surface area contributed by atoms with E-state index in [1.54, 1.807) is 0 Å². The zero-order valence-corrected chi connectivity index (χ0v) is 13.7. The maximum absolute atomic E-state index is 10.5. The van der Waals surface area contributed by atoms with Gasteiger partial charge in [0.15, 0.2) is 0 Å². The Bertz CT molecular complexity index is 509. The van der Waals surface area contributed by atoms with Crippen LogP contribution in [0.1, 0.15) is 0 Å². The molecule has 0 aliphatic heterocycles. The number of amides is 1. The Hall–Kier alpha value is -2.43. The molecule has 2 N–H and O–H groups in total. The minimum atomic E-state index is -1.07. The molecule has 0 aromatic heterocycles. The van der Waals surface area contributed by atoms with Crippen molar-refractivity contribution in [2.45, 2.75) is 0 Å². The van der Waals surface area contributed by atoms with Crippen LogP contribution in [0.25, 0.3) is 0 Å². The van der Waals surface area contributed by atoms with Gasteiger partial charge in [-0.05, 0) is 12.1 Å². The first-order chi connectivity index (χ1) is 12.1. The van der Waals surface area contributed by atoms with Crippen molar-refractivity contribution >= 4 is 11.8 Å². The standard InChI is InChI=1S/C15H22N2O8/c18-15(19)16-5-6-22-7-8-23-9-10-24-11-12-25-14-3-1-13(2-4-14)17(20)21/h1-4,16H,5-12H2,(H,18,19). The molecule has 25 heavy (non-hydrogen) atoms. The number of hydrogen-bond donors (Lipinski definition) is 2. The first-order valence-corrected chi connectivity index (χ1v) is 7.67. The molecule has 140 valence electrons. The third kappa shape index (κ3) is 10.9. The summed E-state index contributed by atoms with van der Waals surface area (Å²) in [4.78, 5) is 20.2. The van der Waals surface area contributed by atoms with Crippen LogP contribution in [-0.4, -0.2) is 68.9 Å². The van der Waals surface area contributed by atoms with E-state index in [0.29, 0.717) is 52.0 Å². The summed E-state index contributed by atoms with van der Waals surface area (Å²) in [5.41, 5.74) is 0.0166. The summed E-state index contributed by atoms with van der Waals surface area (Å²) in [7, 11) is 0. The van der Waals surface area contributed by atoms with E-state index in [2.05, 4.69) is 5.32 Å². The predicted molar refractivity (Wildman–Crippen MR) is 87.1 cm³/mol. The lowest BCUT2D eigenvalue weighted by atomic mass is 10.3. The molecule has 0 saturated heterocycles. The van der Waals surface area contributed by atoms with E-state index in [1.807, 2.05) is 0 Å². The highest BCUT2D eigenvalue weighted by Gasteiger charge is 2.04. The Morgan fingerprint density at radius 1 is 0.960 bits per heavy atom. The van der Waals surface area contributed by atoms with Crippen LogP contribution in [0.15, 0.2) is 24.3 Å². The first kappa shape index (κ1) is 20.6. The van der Waals surface area contributed by atoms with E-state index < -0.39 is 11.0 Å². The molecule has 0 spiro atoms. The highest BCUT2D eigenvalue weighted by molar-refractivity contribution is 5.64. The fraction of sp³-hybridized carbons (Fsp3) is 0.533. The Kier molecular flexibility index (Phi) is 10.7. The predicted octanol–water partition coefficient (Wildman–Crippen LogP) is 1.29. The molecule has 0 unspecified atom stereocenters. The van der Waals surface area contributed by atoms with Crippen molar-refractivity contribution in [3.63, 3.8) is 0 Å². The number of nitrogens with zero attached hydrogens (tertiary/aromatic N) is 1. The number of nitro benzene ring substituents is 1. The van der Waals surface area contributed by atoms with Crippen molar-refractivity contribution in [1.82, 2.24) is 5.32 Å². The summed E-state index contributed by atoms with van der Waals surface area (Å²) >= 11 is 0. The number of hydrogen-bond acceptors (Lipinski definition) is 7. The number of benzene rings is 1. The van der Waals surface area contributed by atoms with Gasteiger partial charge in [-0.15, -0.1) is 0 Å². The maximum Gasteiger partial charge on any atom is 0.404 e. The molecule has 1 amide bonds. The lowest BCUT2D eigenvalue weighted by molar-refractivity contribution is -0.384. The zero-order chi connectivity index (χ0) is 18.3. The van der Waals surface area contributed by atoms with Crippen molar-refractivity contribution in [2.75, 3.05) is 52.8 Å². The first-order valence-electron chi connectivity index (χ1n) is 7.67. The van der Waals surface area contributed by atoms with Gasteiger partial charge in [-0.25, -0.2) is 4.79 Å². The molecule has 0 aliphatic rings. The highest BCUT2D eigenvalue weighted by atomic mass is 16.6. The molecule has 0 radical (unpaired) electrons. The second-order valence-electron chi connectivity index (χ2n) is 4.67. The van der Waals surface area contributed by atoms with Crippen molar-refractivity contribution in [3.05, 3.63) is 34.4 Å². The molecule has 0 saturated carbocycles. The van der Waals surface area contributed by atoms with Gasteiger partial charge < -0.3 is 29.4 Å². The quantitative estimate of drug-likeness (QED) is 0.289. The van der Waals surface area contributed by atoms with E-state index in [0.717, 1.165) is 0 Å². The van der Waals surface area contributed by atoms with Gasteiger partial charge in [0.25, 0.3) is 5.69 Å². The molecule has 0 atom stereocenters. The lowest BCUT2D eigenvalue weighted by Crippen LogP contribution is -2.25. The molecule has 0 heterocycles. The number of rotatable bonds is 14. The monoisotopic (exact) mass is 358 g/mol. The summed E-state index contributed by atoms with van der Waals surface area (Å²) in [6.45, 7) is 2.84. The molecule has 0 aliphatic carbocycles. The topological polar surface area (TPSA) is 129 Å². The molecular formula is C15H22N2O8. The largest absolute Gasteiger partial charge is 0.491 e. The number of non-ortho nitro benzene ring substituents is 1. The molecule has 10 heteroatoms. The minimum absolute atomic E-state index is 0.0166. The van der Waals surface area contributed by atoms with E-state index in [4.69, 9.17) is 24.1 Å². The average Bonchev–Trinajstić information content (AvgIpc) is 2.59. The van der Waals surface area contributed by atoms with Crippen molar-refractivity contribution in [3.8, 4) is 5.75 Å². The van der Waals surface area contributed by atoms with Gasteiger partial charge in [0, 0.05) is 18.7 Å². The lowest BCUT2D eigenvalue weighted by Gasteiger charge is -2.08. The number of ether oxygens (including phenoxy) is 4. The van der Waals surface area contributed by atoms with Gasteiger partial charge in [0.1, 0.15) is 12.4 Å². The third-order valence-corrected chi connectivity index (χ3v) is 2.81. The van der Waals surface area contributed by atoms with E-state index in [1.165, 1.54) is 24.3 Å². The Balaban J connectivity index is 1.87. The minimum Gasteiger partial charge on any atom is -0.491 e. The molecule has 1 aromatic carbocycles. The molecule has 10 nitrogen and oxygen atoms in total. The van der Waals surface area contributed by atoms with Crippen molar-refractivity contribution in [2.24, 2.45) is 0 Å². The van der Waals surface area contributed by atoms with Gasteiger partial charge >= 0.3 is 6.09 Å². The molecule has 1 aromatic rings. The van der Waals surface area contributed by atoms with Gasteiger partial charge in [0.2, 0.25) is 0 Å². The molecule has 0 bridgehead atoms. The van der Waals surface area contributed by atoms with Crippen LogP contribution in [0.3, 0.4) is 0 Å². The summed E-state index contributed by atoms with van der Waals surface area (Å²) in [5.74, 6) is 0.542. The normalized spacial score (nSPS) is 10.4. The van der Waals surface area contributed by atoms with Crippen LogP contribution in [0.2, 0.25) is 0 Å². The Morgan fingerprint density at radius 2 is 1.48 bits per heavy atom. The fourth-order valence-electron chi connectivity index (χ4n) is 1.65. The van der Waals surface area contributed by atoms with Crippen LogP contribution in [0.4, 0.5) is 10.5 Å². The third-order valence-electron chi connectivity index (χ3n) is 2.81. The summed E-state index contributed by atoms with van der Waals surface area (Å²) in [6, 6.07) is 5.83. The highest BCUT2D eigenvalue weighted by Crippen LogP contribution is 2.16. The van der Waals surface area contributed by atoms with Crippen LogP contribution >= 0.6 is 0 Å².